The van der Waals surface area contributed by atoms with Gasteiger partial charge in [0.1, 0.15) is 0 Å². The lowest BCUT2D eigenvalue weighted by molar-refractivity contribution is 0.331. The molecule has 0 aliphatic carbocycles. The Labute approximate surface area is 85.3 Å². The number of aromatic nitrogens is 1. The van der Waals surface area contributed by atoms with E-state index in [2.05, 4.69) is 22.5 Å². The van der Waals surface area contributed by atoms with Gasteiger partial charge in [-0.2, -0.15) is 0 Å². The summed E-state index contributed by atoms with van der Waals surface area (Å²) in [4.78, 5) is 6.77. The van der Waals surface area contributed by atoms with E-state index in [1.165, 1.54) is 31.5 Å². The van der Waals surface area contributed by atoms with Crippen LogP contribution < -0.4 is 0 Å². The van der Waals surface area contributed by atoms with Crippen LogP contribution in [0.25, 0.3) is 6.08 Å². The van der Waals surface area contributed by atoms with Crippen molar-refractivity contribution in [2.75, 3.05) is 13.1 Å². The van der Waals surface area contributed by atoms with Crippen LogP contribution in [-0.4, -0.2) is 23.0 Å². The second-order valence-corrected chi connectivity index (χ2v) is 3.78. The molecule has 0 aromatic carbocycles. The zero-order chi connectivity index (χ0) is 9.80. The summed E-state index contributed by atoms with van der Waals surface area (Å²) in [5, 5.41) is 0. The Balaban J connectivity index is 1.98. The fraction of sp³-hybridized carbons (Fsp3) is 0.417. The molecule has 2 rings (SSSR count). The molecule has 1 aliphatic rings. The molecule has 0 unspecified atom stereocenters. The van der Waals surface area contributed by atoms with E-state index in [9.17, 15) is 0 Å². The van der Waals surface area contributed by atoms with Crippen molar-refractivity contribution in [1.82, 2.24) is 9.88 Å². The Morgan fingerprint density at radius 1 is 1.36 bits per heavy atom. The predicted octanol–water partition coefficient (Wildman–Crippen LogP) is 2.32. The molecule has 74 valence electrons. The van der Waals surface area contributed by atoms with Gasteiger partial charge in [-0.25, -0.2) is 0 Å². The smallest absolute Gasteiger partial charge is 0.0623 e. The molecule has 0 bridgehead atoms. The van der Waals surface area contributed by atoms with Crippen LogP contribution >= 0.6 is 0 Å². The first-order valence-electron chi connectivity index (χ1n) is 5.18. The summed E-state index contributed by atoms with van der Waals surface area (Å²) in [6.07, 6.45) is 6.42. The molecule has 2 heterocycles. The molecule has 14 heavy (non-hydrogen) atoms. The molecule has 1 fully saturated rings. The van der Waals surface area contributed by atoms with E-state index < -0.39 is 0 Å². The molecule has 1 saturated heterocycles. The van der Waals surface area contributed by atoms with E-state index in [4.69, 9.17) is 0 Å². The average Bonchev–Trinajstić information content (AvgIpc) is 2.72. The van der Waals surface area contributed by atoms with Gasteiger partial charge in [-0.1, -0.05) is 12.6 Å². The second-order valence-electron chi connectivity index (χ2n) is 3.78. The number of pyridine rings is 1. The highest BCUT2D eigenvalue weighted by atomic mass is 15.1. The monoisotopic (exact) mass is 188 g/mol. The van der Waals surface area contributed by atoms with Crippen molar-refractivity contribution in [2.45, 2.75) is 19.4 Å². The van der Waals surface area contributed by atoms with Gasteiger partial charge in [-0.15, -0.1) is 0 Å². The van der Waals surface area contributed by atoms with Crippen LogP contribution in [0, 0.1) is 0 Å². The standard InChI is InChI=1S/C12H16N2/c1-2-12-6-5-11(9-13-12)10-14-7-3-4-8-14/h2,5-6,9H,1,3-4,7-8,10H2. The molecule has 2 heteroatoms. The average molecular weight is 188 g/mol. The topological polar surface area (TPSA) is 16.1 Å². The summed E-state index contributed by atoms with van der Waals surface area (Å²) < 4.78 is 0. The van der Waals surface area contributed by atoms with Gasteiger partial charge < -0.3 is 0 Å². The van der Waals surface area contributed by atoms with Crippen LogP contribution in [-0.2, 0) is 6.54 Å². The minimum Gasteiger partial charge on any atom is -0.299 e. The molecule has 1 aromatic heterocycles. The van der Waals surface area contributed by atoms with E-state index in [1.807, 2.05) is 12.3 Å². The third-order valence-electron chi connectivity index (χ3n) is 2.66. The summed E-state index contributed by atoms with van der Waals surface area (Å²) in [6.45, 7) is 7.22. The minimum absolute atomic E-state index is 0.954. The van der Waals surface area contributed by atoms with Crippen molar-refractivity contribution >= 4 is 6.08 Å². The van der Waals surface area contributed by atoms with Crippen LogP contribution in [0.15, 0.2) is 24.9 Å². The summed E-state index contributed by atoms with van der Waals surface area (Å²) in [6, 6.07) is 4.17. The molecular formula is C12H16N2. The lowest BCUT2D eigenvalue weighted by atomic mass is 10.2. The third kappa shape index (κ3) is 2.20. The third-order valence-corrected chi connectivity index (χ3v) is 2.66. The van der Waals surface area contributed by atoms with E-state index >= 15 is 0 Å². The van der Waals surface area contributed by atoms with E-state index in [1.54, 1.807) is 6.08 Å². The number of hydrogen-bond donors (Lipinski definition) is 0. The van der Waals surface area contributed by atoms with Gasteiger partial charge in [0.25, 0.3) is 0 Å². The van der Waals surface area contributed by atoms with Crippen LogP contribution in [0.5, 0.6) is 0 Å². The molecule has 0 radical (unpaired) electrons. The van der Waals surface area contributed by atoms with Crippen LogP contribution in [0.1, 0.15) is 24.1 Å². The fourth-order valence-corrected chi connectivity index (χ4v) is 1.85. The largest absolute Gasteiger partial charge is 0.299 e. The first-order chi connectivity index (χ1) is 6.88. The van der Waals surface area contributed by atoms with Gasteiger partial charge >= 0.3 is 0 Å². The Hall–Kier alpha value is -1.15. The summed E-state index contributed by atoms with van der Waals surface area (Å²) >= 11 is 0. The Morgan fingerprint density at radius 3 is 2.71 bits per heavy atom. The fourth-order valence-electron chi connectivity index (χ4n) is 1.85. The van der Waals surface area contributed by atoms with E-state index in [-0.39, 0.29) is 0 Å². The molecule has 1 aliphatic heterocycles. The molecule has 2 nitrogen and oxygen atoms in total. The second kappa shape index (κ2) is 4.38. The Morgan fingerprint density at radius 2 is 2.14 bits per heavy atom. The Kier molecular flexibility index (Phi) is 2.94. The highest BCUT2D eigenvalue weighted by Crippen LogP contribution is 2.12. The first-order valence-corrected chi connectivity index (χ1v) is 5.18. The molecule has 0 saturated carbocycles. The molecule has 0 atom stereocenters. The minimum atomic E-state index is 0.954. The van der Waals surface area contributed by atoms with Gasteiger partial charge in [-0.05, 0) is 43.6 Å². The highest BCUT2D eigenvalue weighted by Gasteiger charge is 2.11. The molecular weight excluding hydrogens is 172 g/mol. The number of rotatable bonds is 3. The van der Waals surface area contributed by atoms with Gasteiger partial charge in [0, 0.05) is 12.7 Å². The van der Waals surface area contributed by atoms with Gasteiger partial charge in [0.2, 0.25) is 0 Å². The zero-order valence-corrected chi connectivity index (χ0v) is 8.45. The van der Waals surface area contributed by atoms with Gasteiger partial charge in [0.05, 0.1) is 5.69 Å². The van der Waals surface area contributed by atoms with Crippen LogP contribution in [0.3, 0.4) is 0 Å². The highest BCUT2D eigenvalue weighted by molar-refractivity contribution is 5.41. The maximum Gasteiger partial charge on any atom is 0.0623 e. The van der Waals surface area contributed by atoms with Gasteiger partial charge in [0.15, 0.2) is 0 Å². The SMILES string of the molecule is C=Cc1ccc(CN2CCCC2)cn1. The van der Waals surface area contributed by atoms with Crippen molar-refractivity contribution in [3.05, 3.63) is 36.2 Å². The summed E-state index contributed by atoms with van der Waals surface area (Å²) in [5.41, 5.74) is 2.26. The molecule has 0 amide bonds. The van der Waals surface area contributed by atoms with Crippen molar-refractivity contribution in [3.8, 4) is 0 Å². The first kappa shape index (κ1) is 9.41. The number of nitrogens with zero attached hydrogens (tertiary/aromatic N) is 2. The number of likely N-dealkylation sites (tertiary alicyclic amines) is 1. The van der Waals surface area contributed by atoms with Crippen LogP contribution in [0.2, 0.25) is 0 Å². The van der Waals surface area contributed by atoms with E-state index in [0.29, 0.717) is 0 Å². The molecule has 1 aromatic rings. The van der Waals surface area contributed by atoms with Crippen molar-refractivity contribution in [3.63, 3.8) is 0 Å². The Bertz CT molecular complexity index is 297. The van der Waals surface area contributed by atoms with E-state index in [0.717, 1.165) is 12.2 Å². The molecule has 0 N–H and O–H groups in total. The molecule has 0 spiro atoms. The number of hydrogen-bond acceptors (Lipinski definition) is 2. The lowest BCUT2D eigenvalue weighted by Gasteiger charge is -2.13. The maximum atomic E-state index is 4.29. The normalized spacial score (nSPS) is 17.1. The van der Waals surface area contributed by atoms with Gasteiger partial charge in [-0.3, -0.25) is 9.88 Å². The van der Waals surface area contributed by atoms with Crippen molar-refractivity contribution in [1.29, 1.82) is 0 Å². The summed E-state index contributed by atoms with van der Waals surface area (Å²) in [5.74, 6) is 0. The maximum absolute atomic E-state index is 4.29. The quantitative estimate of drug-likeness (QED) is 0.723. The zero-order valence-electron chi connectivity index (χ0n) is 8.45. The van der Waals surface area contributed by atoms with Crippen molar-refractivity contribution in [2.24, 2.45) is 0 Å². The van der Waals surface area contributed by atoms with Crippen molar-refractivity contribution < 1.29 is 0 Å². The summed E-state index contributed by atoms with van der Waals surface area (Å²) in [7, 11) is 0. The van der Waals surface area contributed by atoms with Crippen LogP contribution in [0.4, 0.5) is 0 Å². The lowest BCUT2D eigenvalue weighted by Crippen LogP contribution is -2.18. The predicted molar refractivity (Wildman–Crippen MR) is 58.8 cm³/mol.